The Kier molecular flexibility index (Phi) is 3.27. The maximum Gasteiger partial charge on any atom is 0.125 e. The predicted molar refractivity (Wildman–Crippen MR) is 81.9 cm³/mol. The largest absolute Gasteiger partial charge is 0.486 e. The zero-order valence-electron chi connectivity index (χ0n) is 12.3. The van der Waals surface area contributed by atoms with Gasteiger partial charge in [-0.1, -0.05) is 48.0 Å². The molecule has 1 unspecified atom stereocenters. The topological polar surface area (TPSA) is 21.3 Å². The van der Waals surface area contributed by atoms with Crippen molar-refractivity contribution in [2.75, 3.05) is 0 Å². The first-order valence-electron chi connectivity index (χ1n) is 7.13. The molecule has 1 atom stereocenters. The summed E-state index contributed by atoms with van der Waals surface area (Å²) in [6.45, 7) is 7.26. The quantitative estimate of drug-likeness (QED) is 0.907. The van der Waals surface area contributed by atoms with Crippen LogP contribution in [0.4, 0.5) is 0 Å². The Morgan fingerprint density at radius 3 is 2.70 bits per heavy atom. The van der Waals surface area contributed by atoms with Crippen molar-refractivity contribution in [1.82, 2.24) is 5.32 Å². The number of rotatable bonds is 3. The molecular weight excluding hydrogens is 246 g/mol. The number of para-hydroxylation sites is 1. The summed E-state index contributed by atoms with van der Waals surface area (Å²) in [5.74, 6) is 0.999. The average Bonchev–Trinajstić information content (AvgIpc) is 2.66. The Morgan fingerprint density at radius 1 is 1.10 bits per heavy atom. The second-order valence-corrected chi connectivity index (χ2v) is 6.05. The number of fused-ring (bicyclic) bond motifs is 1. The van der Waals surface area contributed by atoms with E-state index < -0.39 is 0 Å². The lowest BCUT2D eigenvalue weighted by molar-refractivity contribution is 0.0958. The molecular formula is C18H21NO. The van der Waals surface area contributed by atoms with Crippen LogP contribution >= 0.6 is 0 Å². The SMILES string of the molecule is Cc1cccc(CNC2c3ccccc3OC2(C)C)c1. The molecule has 20 heavy (non-hydrogen) atoms. The van der Waals surface area contributed by atoms with E-state index in [-0.39, 0.29) is 11.6 Å². The van der Waals surface area contributed by atoms with E-state index in [0.717, 1.165) is 12.3 Å². The monoisotopic (exact) mass is 267 g/mol. The van der Waals surface area contributed by atoms with E-state index in [1.165, 1.54) is 16.7 Å². The molecule has 0 amide bonds. The number of hydrogen-bond acceptors (Lipinski definition) is 2. The molecule has 1 heterocycles. The van der Waals surface area contributed by atoms with Gasteiger partial charge in [0.1, 0.15) is 11.4 Å². The fourth-order valence-electron chi connectivity index (χ4n) is 2.93. The van der Waals surface area contributed by atoms with Gasteiger partial charge in [0, 0.05) is 12.1 Å². The maximum atomic E-state index is 6.06. The summed E-state index contributed by atoms with van der Waals surface area (Å²) in [4.78, 5) is 0. The van der Waals surface area contributed by atoms with Crippen LogP contribution in [0, 0.1) is 6.92 Å². The summed E-state index contributed by atoms with van der Waals surface area (Å²) in [5.41, 5.74) is 3.65. The Morgan fingerprint density at radius 2 is 1.90 bits per heavy atom. The van der Waals surface area contributed by atoms with E-state index in [1.807, 2.05) is 12.1 Å². The molecule has 0 bridgehead atoms. The number of nitrogens with one attached hydrogen (secondary N) is 1. The van der Waals surface area contributed by atoms with Crippen molar-refractivity contribution in [1.29, 1.82) is 0 Å². The lowest BCUT2D eigenvalue weighted by Gasteiger charge is -2.27. The second kappa shape index (κ2) is 4.95. The van der Waals surface area contributed by atoms with Crippen LogP contribution in [0.1, 0.15) is 36.6 Å². The molecule has 0 fully saturated rings. The zero-order valence-corrected chi connectivity index (χ0v) is 12.3. The second-order valence-electron chi connectivity index (χ2n) is 6.05. The van der Waals surface area contributed by atoms with Gasteiger partial charge in [-0.3, -0.25) is 0 Å². The Bertz CT molecular complexity index is 618. The summed E-state index contributed by atoms with van der Waals surface area (Å²) in [7, 11) is 0. The van der Waals surface area contributed by atoms with Gasteiger partial charge in [0.25, 0.3) is 0 Å². The summed E-state index contributed by atoms with van der Waals surface area (Å²) >= 11 is 0. The molecule has 2 nitrogen and oxygen atoms in total. The standard InChI is InChI=1S/C18H21NO/c1-13-7-6-8-14(11-13)12-19-17-15-9-4-5-10-16(15)20-18(17,2)3/h4-11,17,19H,12H2,1-3H3. The number of ether oxygens (including phenoxy) is 1. The third-order valence-electron chi connectivity index (χ3n) is 3.89. The summed E-state index contributed by atoms with van der Waals surface area (Å²) in [6.07, 6.45) is 0. The van der Waals surface area contributed by atoms with Crippen molar-refractivity contribution in [3.63, 3.8) is 0 Å². The first-order chi connectivity index (χ1) is 9.56. The van der Waals surface area contributed by atoms with E-state index in [1.54, 1.807) is 0 Å². The van der Waals surface area contributed by atoms with Gasteiger partial charge in [0.15, 0.2) is 0 Å². The molecule has 2 aromatic carbocycles. The Labute approximate surface area is 120 Å². The highest BCUT2D eigenvalue weighted by molar-refractivity contribution is 5.42. The minimum absolute atomic E-state index is 0.215. The lowest BCUT2D eigenvalue weighted by atomic mass is 9.94. The molecule has 2 heteroatoms. The van der Waals surface area contributed by atoms with Crippen molar-refractivity contribution >= 4 is 0 Å². The normalized spacial score (nSPS) is 19.4. The van der Waals surface area contributed by atoms with Crippen LogP contribution in [0.25, 0.3) is 0 Å². The third kappa shape index (κ3) is 2.44. The van der Waals surface area contributed by atoms with Crippen molar-refractivity contribution in [3.05, 3.63) is 65.2 Å². The van der Waals surface area contributed by atoms with Gasteiger partial charge < -0.3 is 10.1 Å². The van der Waals surface area contributed by atoms with Gasteiger partial charge in [0.2, 0.25) is 0 Å². The summed E-state index contributed by atoms with van der Waals surface area (Å²) in [5, 5.41) is 3.65. The van der Waals surface area contributed by atoms with E-state index in [9.17, 15) is 0 Å². The Balaban J connectivity index is 1.80. The molecule has 3 rings (SSSR count). The maximum absolute atomic E-state index is 6.06. The van der Waals surface area contributed by atoms with Crippen LogP contribution in [0.15, 0.2) is 48.5 Å². The fraction of sp³-hybridized carbons (Fsp3) is 0.333. The van der Waals surface area contributed by atoms with Crippen LogP contribution in [-0.2, 0) is 6.54 Å². The molecule has 1 aliphatic rings. The van der Waals surface area contributed by atoms with Crippen LogP contribution in [0.5, 0.6) is 5.75 Å². The molecule has 1 aliphatic heterocycles. The molecule has 0 spiro atoms. The van der Waals surface area contributed by atoms with E-state index >= 15 is 0 Å². The molecule has 2 aromatic rings. The predicted octanol–water partition coefficient (Wildman–Crippen LogP) is 4.00. The highest BCUT2D eigenvalue weighted by atomic mass is 16.5. The minimum atomic E-state index is -0.215. The minimum Gasteiger partial charge on any atom is -0.486 e. The average molecular weight is 267 g/mol. The molecule has 0 saturated heterocycles. The fourth-order valence-corrected chi connectivity index (χ4v) is 2.93. The van der Waals surface area contributed by atoms with Crippen molar-refractivity contribution < 1.29 is 4.74 Å². The van der Waals surface area contributed by atoms with Crippen molar-refractivity contribution in [3.8, 4) is 5.75 Å². The van der Waals surface area contributed by atoms with E-state index in [2.05, 4.69) is 62.5 Å². The number of aryl methyl sites for hydroxylation is 1. The van der Waals surface area contributed by atoms with Crippen LogP contribution < -0.4 is 10.1 Å². The van der Waals surface area contributed by atoms with Crippen LogP contribution in [0.3, 0.4) is 0 Å². The Hall–Kier alpha value is -1.80. The first-order valence-corrected chi connectivity index (χ1v) is 7.13. The van der Waals surface area contributed by atoms with Gasteiger partial charge in [-0.15, -0.1) is 0 Å². The van der Waals surface area contributed by atoms with E-state index in [0.29, 0.717) is 0 Å². The van der Waals surface area contributed by atoms with Crippen molar-refractivity contribution in [2.24, 2.45) is 0 Å². The highest BCUT2D eigenvalue weighted by Gasteiger charge is 2.40. The lowest BCUT2D eigenvalue weighted by Crippen LogP contribution is -2.38. The van der Waals surface area contributed by atoms with Crippen LogP contribution in [0.2, 0.25) is 0 Å². The van der Waals surface area contributed by atoms with Gasteiger partial charge in [0.05, 0.1) is 6.04 Å². The molecule has 0 aromatic heterocycles. The van der Waals surface area contributed by atoms with Gasteiger partial charge in [-0.2, -0.15) is 0 Å². The number of hydrogen-bond donors (Lipinski definition) is 1. The molecule has 0 radical (unpaired) electrons. The van der Waals surface area contributed by atoms with E-state index in [4.69, 9.17) is 4.74 Å². The first kappa shape index (κ1) is 13.2. The van der Waals surface area contributed by atoms with Crippen molar-refractivity contribution in [2.45, 2.75) is 39.0 Å². The van der Waals surface area contributed by atoms with Gasteiger partial charge in [-0.25, -0.2) is 0 Å². The highest BCUT2D eigenvalue weighted by Crippen LogP contribution is 2.42. The third-order valence-corrected chi connectivity index (χ3v) is 3.89. The van der Waals surface area contributed by atoms with Gasteiger partial charge in [-0.05, 0) is 32.4 Å². The van der Waals surface area contributed by atoms with Gasteiger partial charge >= 0.3 is 0 Å². The molecule has 0 saturated carbocycles. The molecule has 1 N–H and O–H groups in total. The number of benzene rings is 2. The van der Waals surface area contributed by atoms with Crippen LogP contribution in [-0.4, -0.2) is 5.60 Å². The summed E-state index contributed by atoms with van der Waals surface area (Å²) < 4.78 is 6.06. The molecule has 104 valence electrons. The summed E-state index contributed by atoms with van der Waals surface area (Å²) in [6, 6.07) is 17.1. The smallest absolute Gasteiger partial charge is 0.125 e. The zero-order chi connectivity index (χ0) is 14.2. The molecule has 0 aliphatic carbocycles.